The quantitative estimate of drug-likeness (QED) is 0.436. The zero-order valence-electron chi connectivity index (χ0n) is 8.07. The van der Waals surface area contributed by atoms with Crippen molar-refractivity contribution in [3.8, 4) is 11.8 Å². The summed E-state index contributed by atoms with van der Waals surface area (Å²) in [4.78, 5) is 0. The smallest absolute Gasteiger partial charge is 0.107 e. The number of unbranched alkanes of at least 4 members (excludes halogenated alkanes) is 5. The van der Waals surface area contributed by atoms with Crippen LogP contribution in [-0.4, -0.2) is 13.7 Å². The van der Waals surface area contributed by atoms with E-state index >= 15 is 0 Å². The summed E-state index contributed by atoms with van der Waals surface area (Å²) in [6, 6.07) is 0. The Bertz CT molecular complexity index is 130. The molecule has 0 heterocycles. The lowest BCUT2D eigenvalue weighted by Gasteiger charge is -1.94. The molecule has 0 saturated carbocycles. The molecule has 0 aromatic carbocycles. The molecule has 0 aromatic rings. The molecule has 0 unspecified atom stereocenters. The Morgan fingerprint density at radius 1 is 1.08 bits per heavy atom. The molecule has 0 atom stereocenters. The minimum atomic E-state index is 0.568. The molecule has 0 spiro atoms. The van der Waals surface area contributed by atoms with Gasteiger partial charge in [0.05, 0.1) is 0 Å². The number of methoxy groups -OCH3 is 1. The van der Waals surface area contributed by atoms with Crippen molar-refractivity contribution in [1.82, 2.24) is 0 Å². The third-order valence-corrected chi connectivity index (χ3v) is 1.64. The molecule has 0 aliphatic rings. The summed E-state index contributed by atoms with van der Waals surface area (Å²) < 4.78 is 4.81. The largest absolute Gasteiger partial charge is 0.372 e. The highest BCUT2D eigenvalue weighted by Gasteiger charge is 1.85. The molecule has 0 amide bonds. The second-order valence-corrected chi connectivity index (χ2v) is 2.80. The molecule has 0 bridgehead atoms. The third kappa shape index (κ3) is 9.52. The fourth-order valence-corrected chi connectivity index (χ4v) is 0.955. The van der Waals surface area contributed by atoms with E-state index in [4.69, 9.17) is 4.74 Å². The Morgan fingerprint density at radius 3 is 2.50 bits per heavy atom. The van der Waals surface area contributed by atoms with Crippen LogP contribution in [0.25, 0.3) is 0 Å². The van der Waals surface area contributed by atoms with Gasteiger partial charge in [-0.3, -0.25) is 0 Å². The zero-order chi connectivity index (χ0) is 9.07. The van der Waals surface area contributed by atoms with Gasteiger partial charge in [-0.1, -0.05) is 38.5 Å². The van der Waals surface area contributed by atoms with Crippen LogP contribution in [0.1, 0.15) is 38.5 Å². The van der Waals surface area contributed by atoms with E-state index in [2.05, 4.69) is 18.8 Å². The molecule has 0 rings (SSSR count). The van der Waals surface area contributed by atoms with E-state index in [1.54, 1.807) is 7.11 Å². The average molecular weight is 167 g/mol. The van der Waals surface area contributed by atoms with Gasteiger partial charge < -0.3 is 4.74 Å². The van der Waals surface area contributed by atoms with Crippen LogP contribution in [0, 0.1) is 18.8 Å². The van der Waals surface area contributed by atoms with E-state index in [1.807, 2.05) is 0 Å². The highest BCUT2D eigenvalue weighted by Crippen LogP contribution is 2.03. The lowest BCUT2D eigenvalue weighted by atomic mass is 10.1. The molecule has 1 heteroatoms. The fraction of sp³-hybridized carbons (Fsp3) is 0.727. The molecule has 0 N–H and O–H groups in total. The predicted molar refractivity (Wildman–Crippen MR) is 52.7 cm³/mol. The van der Waals surface area contributed by atoms with E-state index < -0.39 is 0 Å². The Labute approximate surface area is 76.5 Å². The normalized spacial score (nSPS) is 9.17. The standard InChI is InChI=1S/C11H19O/c1-3-4-5-6-7-8-9-10-11-12-2/h1,3-8,11H2,2H3. The number of hydrogen-bond donors (Lipinski definition) is 0. The Morgan fingerprint density at radius 2 is 1.83 bits per heavy atom. The summed E-state index contributed by atoms with van der Waals surface area (Å²) in [5, 5.41) is 0. The third-order valence-electron chi connectivity index (χ3n) is 1.64. The Kier molecular flexibility index (Phi) is 10.1. The van der Waals surface area contributed by atoms with E-state index in [9.17, 15) is 0 Å². The van der Waals surface area contributed by atoms with E-state index in [0.717, 1.165) is 12.8 Å². The van der Waals surface area contributed by atoms with Gasteiger partial charge in [0.25, 0.3) is 0 Å². The maximum atomic E-state index is 4.81. The molecule has 12 heavy (non-hydrogen) atoms. The summed E-state index contributed by atoms with van der Waals surface area (Å²) in [5.41, 5.74) is 0. The highest BCUT2D eigenvalue weighted by atomic mass is 16.5. The fourth-order valence-electron chi connectivity index (χ4n) is 0.955. The van der Waals surface area contributed by atoms with Crippen molar-refractivity contribution in [3.05, 3.63) is 6.92 Å². The predicted octanol–water partition coefficient (Wildman–Crippen LogP) is 2.81. The van der Waals surface area contributed by atoms with Crippen molar-refractivity contribution in [2.45, 2.75) is 38.5 Å². The topological polar surface area (TPSA) is 9.23 Å². The van der Waals surface area contributed by atoms with Gasteiger partial charge in [-0.15, -0.1) is 5.92 Å². The van der Waals surface area contributed by atoms with Gasteiger partial charge in [-0.05, 0) is 6.42 Å². The lowest BCUT2D eigenvalue weighted by molar-refractivity contribution is 0.239. The lowest BCUT2D eigenvalue weighted by Crippen LogP contribution is -1.81. The maximum absolute atomic E-state index is 4.81. The van der Waals surface area contributed by atoms with Gasteiger partial charge in [-0.2, -0.15) is 0 Å². The van der Waals surface area contributed by atoms with Gasteiger partial charge in [0.1, 0.15) is 6.61 Å². The van der Waals surface area contributed by atoms with Gasteiger partial charge in [0.15, 0.2) is 0 Å². The zero-order valence-corrected chi connectivity index (χ0v) is 8.07. The first-order valence-electron chi connectivity index (χ1n) is 4.65. The molecule has 0 fully saturated rings. The SMILES string of the molecule is [CH2]CCCCCCC#CCOC. The Balaban J connectivity index is 2.96. The molecule has 0 aliphatic carbocycles. The van der Waals surface area contributed by atoms with Crippen LogP contribution in [-0.2, 0) is 4.74 Å². The summed E-state index contributed by atoms with van der Waals surface area (Å²) in [5.74, 6) is 6.01. The van der Waals surface area contributed by atoms with Crippen molar-refractivity contribution in [1.29, 1.82) is 0 Å². The number of hydrogen-bond acceptors (Lipinski definition) is 1. The minimum absolute atomic E-state index is 0.568. The van der Waals surface area contributed by atoms with Crippen molar-refractivity contribution in [3.63, 3.8) is 0 Å². The highest BCUT2D eigenvalue weighted by molar-refractivity contribution is 4.98. The summed E-state index contributed by atoms with van der Waals surface area (Å²) in [7, 11) is 1.67. The van der Waals surface area contributed by atoms with Crippen molar-refractivity contribution < 1.29 is 4.74 Å². The van der Waals surface area contributed by atoms with Crippen molar-refractivity contribution in [2.75, 3.05) is 13.7 Å². The van der Waals surface area contributed by atoms with Crippen molar-refractivity contribution >= 4 is 0 Å². The first-order valence-corrected chi connectivity index (χ1v) is 4.65. The monoisotopic (exact) mass is 167 g/mol. The molecule has 0 aliphatic heterocycles. The van der Waals surface area contributed by atoms with Crippen LogP contribution >= 0.6 is 0 Å². The molecular formula is C11H19O. The minimum Gasteiger partial charge on any atom is -0.372 e. The second-order valence-electron chi connectivity index (χ2n) is 2.80. The van der Waals surface area contributed by atoms with Crippen LogP contribution < -0.4 is 0 Å². The van der Waals surface area contributed by atoms with Gasteiger partial charge in [0.2, 0.25) is 0 Å². The first-order chi connectivity index (χ1) is 5.91. The molecular weight excluding hydrogens is 148 g/mol. The number of ether oxygens (including phenoxy) is 1. The van der Waals surface area contributed by atoms with E-state index in [-0.39, 0.29) is 0 Å². The van der Waals surface area contributed by atoms with Crippen LogP contribution in [0.5, 0.6) is 0 Å². The summed E-state index contributed by atoms with van der Waals surface area (Å²) >= 11 is 0. The second kappa shape index (κ2) is 10.5. The van der Waals surface area contributed by atoms with Gasteiger partial charge >= 0.3 is 0 Å². The van der Waals surface area contributed by atoms with Crippen LogP contribution in [0.3, 0.4) is 0 Å². The maximum Gasteiger partial charge on any atom is 0.107 e. The van der Waals surface area contributed by atoms with Gasteiger partial charge in [0, 0.05) is 13.5 Å². The molecule has 1 radical (unpaired) electrons. The van der Waals surface area contributed by atoms with E-state index in [0.29, 0.717) is 6.61 Å². The molecule has 1 nitrogen and oxygen atoms in total. The molecule has 0 aromatic heterocycles. The van der Waals surface area contributed by atoms with Gasteiger partial charge in [-0.25, -0.2) is 0 Å². The van der Waals surface area contributed by atoms with Crippen LogP contribution in [0.4, 0.5) is 0 Å². The molecule has 69 valence electrons. The Hall–Kier alpha value is -0.480. The molecule has 0 saturated heterocycles. The van der Waals surface area contributed by atoms with Crippen LogP contribution in [0.2, 0.25) is 0 Å². The van der Waals surface area contributed by atoms with Crippen LogP contribution in [0.15, 0.2) is 0 Å². The summed E-state index contributed by atoms with van der Waals surface area (Å²) in [6.45, 7) is 4.37. The first kappa shape index (κ1) is 11.5. The number of rotatable bonds is 6. The average Bonchev–Trinajstić information content (AvgIpc) is 2.10. The van der Waals surface area contributed by atoms with E-state index in [1.165, 1.54) is 25.7 Å². The van der Waals surface area contributed by atoms with Crippen molar-refractivity contribution in [2.24, 2.45) is 0 Å². The summed E-state index contributed by atoms with van der Waals surface area (Å²) in [6.07, 6.45) is 7.14.